The molecule has 18 heavy (non-hydrogen) atoms. The maximum Gasteiger partial charge on any atom is 0.163 e. The van der Waals surface area contributed by atoms with E-state index in [1.54, 1.807) is 0 Å². The molecule has 0 aliphatic carbocycles. The van der Waals surface area contributed by atoms with Gasteiger partial charge in [0.05, 0.1) is 0 Å². The van der Waals surface area contributed by atoms with Crippen molar-refractivity contribution in [2.75, 3.05) is 0 Å². The molecule has 0 atom stereocenters. The maximum atomic E-state index is 12.4. The predicted octanol–water partition coefficient (Wildman–Crippen LogP) is 4.99. The quantitative estimate of drug-likeness (QED) is 0.686. The predicted molar refractivity (Wildman–Crippen MR) is 78.2 cm³/mol. The first-order valence-electron chi connectivity index (χ1n) is 6.74. The average Bonchev–Trinajstić information content (AvgIpc) is 2.24. The van der Waals surface area contributed by atoms with E-state index in [2.05, 4.69) is 47.6 Å². The van der Waals surface area contributed by atoms with Gasteiger partial charge in [0, 0.05) is 12.0 Å². The van der Waals surface area contributed by atoms with Crippen LogP contribution in [0.1, 0.15) is 70.3 Å². The monoisotopic (exact) mass is 246 g/mol. The first-order valence-corrected chi connectivity index (χ1v) is 6.74. The van der Waals surface area contributed by atoms with E-state index in [-0.39, 0.29) is 16.6 Å². The molecule has 0 aromatic heterocycles. The largest absolute Gasteiger partial charge is 0.294 e. The molecule has 1 aromatic rings. The number of carbonyl (C=O) groups excluding carboxylic acids is 1. The molecule has 1 heteroatoms. The second kappa shape index (κ2) is 5.26. The molecule has 0 amide bonds. The van der Waals surface area contributed by atoms with Crippen LogP contribution in [0.3, 0.4) is 0 Å². The molecule has 1 rings (SSSR count). The van der Waals surface area contributed by atoms with Crippen LogP contribution >= 0.6 is 0 Å². The summed E-state index contributed by atoms with van der Waals surface area (Å²) in [6.45, 7) is 13.0. The van der Waals surface area contributed by atoms with E-state index in [4.69, 9.17) is 0 Å². The Balaban J connectivity index is 2.93. The van der Waals surface area contributed by atoms with Gasteiger partial charge in [0.25, 0.3) is 0 Å². The zero-order chi connectivity index (χ0) is 14.0. The van der Waals surface area contributed by atoms with Crippen LogP contribution < -0.4 is 0 Å². The van der Waals surface area contributed by atoms with Crippen molar-refractivity contribution in [2.45, 2.75) is 59.8 Å². The Morgan fingerprint density at radius 3 is 2.06 bits per heavy atom. The van der Waals surface area contributed by atoms with Crippen LogP contribution in [0.25, 0.3) is 0 Å². The Hall–Kier alpha value is -1.11. The summed E-state index contributed by atoms with van der Waals surface area (Å²) >= 11 is 0. The highest BCUT2D eigenvalue weighted by atomic mass is 16.1. The molecule has 0 bridgehead atoms. The van der Waals surface area contributed by atoms with Crippen molar-refractivity contribution in [3.8, 4) is 0 Å². The molecule has 0 spiro atoms. The van der Waals surface area contributed by atoms with Gasteiger partial charge >= 0.3 is 0 Å². The van der Waals surface area contributed by atoms with Crippen molar-refractivity contribution >= 4 is 5.78 Å². The number of hydrogen-bond donors (Lipinski definition) is 0. The number of hydrogen-bond acceptors (Lipinski definition) is 1. The van der Waals surface area contributed by atoms with E-state index in [0.29, 0.717) is 6.42 Å². The molecule has 0 saturated carbocycles. The van der Waals surface area contributed by atoms with E-state index in [0.717, 1.165) is 17.5 Å². The van der Waals surface area contributed by atoms with Crippen molar-refractivity contribution in [3.05, 3.63) is 35.4 Å². The SMILES string of the molecule is CC(C)(C)CCC(=O)c1ccccc1C(C)(C)C. The lowest BCUT2D eigenvalue weighted by atomic mass is 9.81. The summed E-state index contributed by atoms with van der Waals surface area (Å²) in [5, 5.41) is 0. The third kappa shape index (κ3) is 4.29. The first kappa shape index (κ1) is 14.9. The summed E-state index contributed by atoms with van der Waals surface area (Å²) in [4.78, 5) is 12.4. The molecule has 0 N–H and O–H groups in total. The molecule has 1 aromatic carbocycles. The summed E-state index contributed by atoms with van der Waals surface area (Å²) in [6, 6.07) is 8.01. The van der Waals surface area contributed by atoms with E-state index in [1.165, 1.54) is 0 Å². The van der Waals surface area contributed by atoms with Crippen molar-refractivity contribution in [1.82, 2.24) is 0 Å². The Labute approximate surface area is 112 Å². The highest BCUT2D eigenvalue weighted by Gasteiger charge is 2.22. The molecule has 0 radical (unpaired) electrons. The first-order chi connectivity index (χ1) is 8.11. The third-order valence-electron chi connectivity index (χ3n) is 3.14. The second-order valence-corrected chi connectivity index (χ2v) is 7.28. The lowest BCUT2D eigenvalue weighted by Gasteiger charge is -2.23. The Morgan fingerprint density at radius 1 is 1.00 bits per heavy atom. The van der Waals surface area contributed by atoms with Gasteiger partial charge in [-0.15, -0.1) is 0 Å². The number of Topliss-reactive ketones (excluding diaryl/α,β-unsaturated/α-hetero) is 1. The van der Waals surface area contributed by atoms with Gasteiger partial charge in [0.2, 0.25) is 0 Å². The van der Waals surface area contributed by atoms with E-state index < -0.39 is 0 Å². The molecule has 0 saturated heterocycles. The van der Waals surface area contributed by atoms with Crippen LogP contribution in [0.5, 0.6) is 0 Å². The van der Waals surface area contributed by atoms with Gasteiger partial charge in [-0.3, -0.25) is 4.79 Å². The van der Waals surface area contributed by atoms with Crippen LogP contribution in [-0.4, -0.2) is 5.78 Å². The average molecular weight is 246 g/mol. The normalized spacial score (nSPS) is 12.6. The minimum atomic E-state index is 0.0218. The van der Waals surface area contributed by atoms with Crippen molar-refractivity contribution in [3.63, 3.8) is 0 Å². The number of benzene rings is 1. The Bertz CT molecular complexity index is 416. The number of ketones is 1. The van der Waals surface area contributed by atoms with Crippen molar-refractivity contribution < 1.29 is 4.79 Å². The van der Waals surface area contributed by atoms with Crippen molar-refractivity contribution in [2.24, 2.45) is 5.41 Å². The minimum absolute atomic E-state index is 0.0218. The van der Waals surface area contributed by atoms with Crippen LogP contribution in [0.4, 0.5) is 0 Å². The summed E-state index contributed by atoms with van der Waals surface area (Å²) < 4.78 is 0. The van der Waals surface area contributed by atoms with E-state index in [1.807, 2.05) is 18.2 Å². The smallest absolute Gasteiger partial charge is 0.163 e. The molecule has 100 valence electrons. The number of carbonyl (C=O) groups is 1. The van der Waals surface area contributed by atoms with Crippen LogP contribution in [-0.2, 0) is 5.41 Å². The van der Waals surface area contributed by atoms with E-state index >= 15 is 0 Å². The number of rotatable bonds is 3. The minimum Gasteiger partial charge on any atom is -0.294 e. The van der Waals surface area contributed by atoms with Gasteiger partial charge in [0.1, 0.15) is 0 Å². The van der Waals surface area contributed by atoms with Crippen LogP contribution in [0.2, 0.25) is 0 Å². The standard InChI is InChI=1S/C17H26O/c1-16(2,3)12-11-15(18)13-9-7-8-10-14(13)17(4,5)6/h7-10H,11-12H2,1-6H3. The Morgan fingerprint density at radius 2 is 1.56 bits per heavy atom. The molecule has 0 aliphatic rings. The zero-order valence-electron chi connectivity index (χ0n) is 12.6. The molecular formula is C17H26O. The van der Waals surface area contributed by atoms with Crippen LogP contribution in [0.15, 0.2) is 24.3 Å². The van der Waals surface area contributed by atoms with Gasteiger partial charge in [-0.1, -0.05) is 65.8 Å². The lowest BCUT2D eigenvalue weighted by molar-refractivity contribution is 0.0964. The zero-order valence-corrected chi connectivity index (χ0v) is 12.6. The summed E-state index contributed by atoms with van der Waals surface area (Å²) in [5.41, 5.74) is 2.29. The summed E-state index contributed by atoms with van der Waals surface area (Å²) in [7, 11) is 0. The van der Waals surface area contributed by atoms with Crippen LogP contribution in [0, 0.1) is 5.41 Å². The van der Waals surface area contributed by atoms with Gasteiger partial charge in [-0.2, -0.15) is 0 Å². The van der Waals surface area contributed by atoms with E-state index in [9.17, 15) is 4.79 Å². The maximum absolute atomic E-state index is 12.4. The fourth-order valence-electron chi connectivity index (χ4n) is 2.00. The molecule has 0 fully saturated rings. The molecule has 0 aliphatic heterocycles. The molecule has 0 heterocycles. The summed E-state index contributed by atoms with van der Waals surface area (Å²) in [6.07, 6.45) is 1.57. The van der Waals surface area contributed by atoms with Gasteiger partial charge < -0.3 is 0 Å². The Kier molecular flexibility index (Phi) is 4.37. The highest BCUT2D eigenvalue weighted by molar-refractivity contribution is 5.97. The highest BCUT2D eigenvalue weighted by Crippen LogP contribution is 2.28. The van der Waals surface area contributed by atoms with Gasteiger partial charge in [-0.05, 0) is 22.8 Å². The fourth-order valence-corrected chi connectivity index (χ4v) is 2.00. The van der Waals surface area contributed by atoms with Crippen molar-refractivity contribution in [1.29, 1.82) is 0 Å². The fraction of sp³-hybridized carbons (Fsp3) is 0.588. The van der Waals surface area contributed by atoms with Gasteiger partial charge in [-0.25, -0.2) is 0 Å². The molecule has 1 nitrogen and oxygen atoms in total. The molecular weight excluding hydrogens is 220 g/mol. The lowest BCUT2D eigenvalue weighted by Crippen LogP contribution is -2.18. The van der Waals surface area contributed by atoms with Gasteiger partial charge in [0.15, 0.2) is 5.78 Å². The topological polar surface area (TPSA) is 17.1 Å². The second-order valence-electron chi connectivity index (χ2n) is 7.28. The molecule has 0 unspecified atom stereocenters. The third-order valence-corrected chi connectivity index (χ3v) is 3.14. The summed E-state index contributed by atoms with van der Waals surface area (Å²) in [5.74, 6) is 0.274.